The van der Waals surface area contributed by atoms with Crippen molar-refractivity contribution in [3.05, 3.63) is 48.8 Å². The molecule has 0 fully saturated rings. The fraction of sp³-hybridized carbons (Fsp3) is 0.222. The molecule has 0 aliphatic heterocycles. The van der Waals surface area contributed by atoms with Gasteiger partial charge in [-0.2, -0.15) is 0 Å². The number of ether oxygens (including phenoxy) is 2. The lowest BCUT2D eigenvalue weighted by atomic mass is 10.2. The van der Waals surface area contributed by atoms with Gasteiger partial charge >= 0.3 is 0 Å². The molecule has 6 nitrogen and oxygen atoms in total. The monoisotopic (exact) mass is 325 g/mol. The summed E-state index contributed by atoms with van der Waals surface area (Å²) in [4.78, 5) is 19.1. The number of benzene rings is 1. The summed E-state index contributed by atoms with van der Waals surface area (Å²) in [5.41, 5.74) is 1.60. The highest BCUT2D eigenvalue weighted by Crippen LogP contribution is 2.28. The molecule has 0 saturated carbocycles. The SMILES string of the molecule is CC(C)OCC(=O)Nc1ccc(Oc2cccc3[nH]ccc23)nc1. The first-order chi connectivity index (χ1) is 11.6. The number of H-pyrrole nitrogens is 1. The van der Waals surface area contributed by atoms with Crippen LogP contribution in [-0.4, -0.2) is 28.6 Å². The minimum atomic E-state index is -0.212. The number of nitrogens with one attached hydrogen (secondary N) is 2. The largest absolute Gasteiger partial charge is 0.438 e. The van der Waals surface area contributed by atoms with Crippen molar-refractivity contribution in [3.8, 4) is 11.6 Å². The van der Waals surface area contributed by atoms with Gasteiger partial charge in [-0.15, -0.1) is 0 Å². The van der Waals surface area contributed by atoms with Crippen LogP contribution in [0, 0.1) is 0 Å². The van der Waals surface area contributed by atoms with Crippen molar-refractivity contribution < 1.29 is 14.3 Å². The second-order valence-corrected chi connectivity index (χ2v) is 5.59. The fourth-order valence-corrected chi connectivity index (χ4v) is 2.21. The van der Waals surface area contributed by atoms with Crippen molar-refractivity contribution in [1.29, 1.82) is 0 Å². The number of aromatic amines is 1. The number of aromatic nitrogens is 2. The molecule has 2 heterocycles. The number of nitrogens with zero attached hydrogens (tertiary/aromatic N) is 1. The van der Waals surface area contributed by atoms with Gasteiger partial charge in [0.15, 0.2) is 0 Å². The number of pyridine rings is 1. The molecule has 0 atom stereocenters. The van der Waals surface area contributed by atoms with Crippen molar-refractivity contribution in [1.82, 2.24) is 9.97 Å². The first kappa shape index (κ1) is 16.0. The summed E-state index contributed by atoms with van der Waals surface area (Å²) in [6.07, 6.45) is 3.43. The molecule has 24 heavy (non-hydrogen) atoms. The van der Waals surface area contributed by atoms with E-state index in [4.69, 9.17) is 9.47 Å². The Hall–Kier alpha value is -2.86. The zero-order valence-electron chi connectivity index (χ0n) is 13.6. The van der Waals surface area contributed by atoms with Gasteiger partial charge in [-0.3, -0.25) is 4.79 Å². The third-order valence-corrected chi connectivity index (χ3v) is 3.34. The lowest BCUT2D eigenvalue weighted by molar-refractivity contribution is -0.121. The zero-order chi connectivity index (χ0) is 16.9. The Kier molecular flexibility index (Phi) is 4.77. The van der Waals surface area contributed by atoms with Gasteiger partial charge in [0.2, 0.25) is 11.8 Å². The standard InChI is InChI=1S/C18H19N3O3/c1-12(2)23-11-17(22)21-13-6-7-18(20-10-13)24-16-5-3-4-15-14(16)8-9-19-15/h3-10,12,19H,11H2,1-2H3,(H,21,22). The van der Waals surface area contributed by atoms with Crippen molar-refractivity contribution in [3.63, 3.8) is 0 Å². The van der Waals surface area contributed by atoms with E-state index in [0.717, 1.165) is 16.7 Å². The quantitative estimate of drug-likeness (QED) is 0.724. The maximum Gasteiger partial charge on any atom is 0.250 e. The number of carbonyl (C=O) groups is 1. The number of anilines is 1. The first-order valence-corrected chi connectivity index (χ1v) is 7.73. The molecule has 0 radical (unpaired) electrons. The number of hydrogen-bond donors (Lipinski definition) is 2. The molecule has 6 heteroatoms. The van der Waals surface area contributed by atoms with Gasteiger partial charge in [-0.05, 0) is 38.1 Å². The molecule has 1 amide bonds. The smallest absolute Gasteiger partial charge is 0.250 e. The molecule has 0 spiro atoms. The predicted octanol–water partition coefficient (Wildman–Crippen LogP) is 3.72. The summed E-state index contributed by atoms with van der Waals surface area (Å²) >= 11 is 0. The number of amides is 1. The second kappa shape index (κ2) is 7.14. The van der Waals surface area contributed by atoms with E-state index in [9.17, 15) is 4.79 Å². The average Bonchev–Trinajstić information content (AvgIpc) is 3.04. The minimum absolute atomic E-state index is 0.0146. The molecule has 0 aliphatic carbocycles. The van der Waals surface area contributed by atoms with Crippen molar-refractivity contribution in [2.24, 2.45) is 0 Å². The summed E-state index contributed by atoms with van der Waals surface area (Å²) in [5.74, 6) is 0.972. The number of carbonyl (C=O) groups excluding carboxylic acids is 1. The van der Waals surface area contributed by atoms with Crippen LogP contribution >= 0.6 is 0 Å². The molecule has 3 rings (SSSR count). The van der Waals surface area contributed by atoms with Crippen molar-refractivity contribution >= 4 is 22.5 Å². The van der Waals surface area contributed by atoms with Crippen LogP contribution in [0.2, 0.25) is 0 Å². The van der Waals surface area contributed by atoms with E-state index in [1.54, 1.807) is 18.3 Å². The third kappa shape index (κ3) is 3.91. The normalized spacial score (nSPS) is 11.0. The summed E-state index contributed by atoms with van der Waals surface area (Å²) < 4.78 is 11.1. The molecule has 0 unspecified atom stereocenters. The molecule has 0 bridgehead atoms. The average molecular weight is 325 g/mol. The summed E-state index contributed by atoms with van der Waals surface area (Å²) in [6.45, 7) is 3.78. The topological polar surface area (TPSA) is 76.2 Å². The molecule has 2 N–H and O–H groups in total. The number of fused-ring (bicyclic) bond motifs is 1. The Balaban J connectivity index is 1.64. The van der Waals surface area contributed by atoms with Crippen LogP contribution in [0.3, 0.4) is 0 Å². The van der Waals surface area contributed by atoms with Crippen LogP contribution in [0.1, 0.15) is 13.8 Å². The Bertz CT molecular complexity index is 825. The van der Waals surface area contributed by atoms with Crippen LogP contribution < -0.4 is 10.1 Å². The van der Waals surface area contributed by atoms with Crippen LogP contribution in [0.5, 0.6) is 11.6 Å². The van der Waals surface area contributed by atoms with E-state index in [1.165, 1.54) is 0 Å². The highest BCUT2D eigenvalue weighted by molar-refractivity contribution is 5.91. The van der Waals surface area contributed by atoms with E-state index in [0.29, 0.717) is 11.6 Å². The summed E-state index contributed by atoms with van der Waals surface area (Å²) in [6, 6.07) is 11.2. The summed E-state index contributed by atoms with van der Waals surface area (Å²) in [5, 5.41) is 3.72. The third-order valence-electron chi connectivity index (χ3n) is 3.34. The van der Waals surface area contributed by atoms with Crippen molar-refractivity contribution in [2.45, 2.75) is 20.0 Å². The Morgan fingerprint density at radius 1 is 1.25 bits per heavy atom. The highest BCUT2D eigenvalue weighted by atomic mass is 16.5. The lowest BCUT2D eigenvalue weighted by Gasteiger charge is -2.09. The second-order valence-electron chi connectivity index (χ2n) is 5.59. The van der Waals surface area contributed by atoms with Crippen LogP contribution in [-0.2, 0) is 9.53 Å². The first-order valence-electron chi connectivity index (χ1n) is 7.73. The van der Waals surface area contributed by atoms with Crippen LogP contribution in [0.25, 0.3) is 10.9 Å². The van der Waals surface area contributed by atoms with Gasteiger partial charge in [0.05, 0.1) is 18.0 Å². The molecular formula is C18H19N3O3. The minimum Gasteiger partial charge on any atom is -0.438 e. The Labute approximate surface area is 139 Å². The predicted molar refractivity (Wildman–Crippen MR) is 92.3 cm³/mol. The Morgan fingerprint density at radius 3 is 2.88 bits per heavy atom. The van der Waals surface area contributed by atoms with Crippen LogP contribution in [0.15, 0.2) is 48.8 Å². The van der Waals surface area contributed by atoms with E-state index >= 15 is 0 Å². The Morgan fingerprint density at radius 2 is 2.12 bits per heavy atom. The number of rotatable bonds is 6. The van der Waals surface area contributed by atoms with E-state index in [-0.39, 0.29) is 18.6 Å². The van der Waals surface area contributed by atoms with Gasteiger partial charge < -0.3 is 19.8 Å². The van der Waals surface area contributed by atoms with Gasteiger partial charge in [0.25, 0.3) is 0 Å². The molecular weight excluding hydrogens is 306 g/mol. The zero-order valence-corrected chi connectivity index (χ0v) is 13.6. The van der Waals surface area contributed by atoms with Gasteiger partial charge in [0, 0.05) is 23.2 Å². The molecule has 1 aromatic carbocycles. The molecule has 2 aromatic heterocycles. The lowest BCUT2D eigenvalue weighted by Crippen LogP contribution is -2.20. The van der Waals surface area contributed by atoms with E-state index in [1.807, 2.05) is 44.3 Å². The van der Waals surface area contributed by atoms with Gasteiger partial charge in [-0.1, -0.05) is 6.07 Å². The molecule has 3 aromatic rings. The van der Waals surface area contributed by atoms with E-state index < -0.39 is 0 Å². The maximum atomic E-state index is 11.7. The summed E-state index contributed by atoms with van der Waals surface area (Å²) in [7, 11) is 0. The highest BCUT2D eigenvalue weighted by Gasteiger charge is 2.07. The molecule has 0 saturated heterocycles. The maximum absolute atomic E-state index is 11.7. The molecule has 0 aliphatic rings. The molecule has 124 valence electrons. The van der Waals surface area contributed by atoms with Crippen LogP contribution in [0.4, 0.5) is 5.69 Å². The number of hydrogen-bond acceptors (Lipinski definition) is 4. The fourth-order valence-electron chi connectivity index (χ4n) is 2.21. The van der Waals surface area contributed by atoms with Gasteiger partial charge in [-0.25, -0.2) is 4.98 Å². The van der Waals surface area contributed by atoms with Gasteiger partial charge in [0.1, 0.15) is 12.4 Å². The van der Waals surface area contributed by atoms with Crippen molar-refractivity contribution in [2.75, 3.05) is 11.9 Å². The van der Waals surface area contributed by atoms with E-state index in [2.05, 4.69) is 15.3 Å².